The van der Waals surface area contributed by atoms with Gasteiger partial charge < -0.3 is 5.32 Å². The molecule has 1 aromatic rings. The van der Waals surface area contributed by atoms with E-state index in [-0.39, 0.29) is 12.1 Å². The van der Waals surface area contributed by atoms with Crippen LogP contribution in [0.25, 0.3) is 0 Å². The van der Waals surface area contributed by atoms with Crippen LogP contribution in [0.1, 0.15) is 5.56 Å². The molecule has 0 radical (unpaired) electrons. The van der Waals surface area contributed by atoms with Crippen molar-refractivity contribution < 1.29 is 31.1 Å². The molecule has 0 aliphatic rings. The zero-order valence-electron chi connectivity index (χ0n) is 8.64. The van der Waals surface area contributed by atoms with Gasteiger partial charge in [0.1, 0.15) is 0 Å². The van der Waals surface area contributed by atoms with Crippen molar-refractivity contribution >= 4 is 12.1 Å². The van der Waals surface area contributed by atoms with E-state index in [1.54, 1.807) is 0 Å². The van der Waals surface area contributed by atoms with E-state index in [1.165, 1.54) is 0 Å². The smallest absolute Gasteiger partial charge is 0.329 e. The largest absolute Gasteiger partial charge is 0.432 e. The number of benzene rings is 1. The Labute approximate surface area is 97.6 Å². The maximum atomic E-state index is 13.5. The number of carbonyl (C=O) groups excluding carboxylic acids is 1. The van der Waals surface area contributed by atoms with Gasteiger partial charge in [-0.05, 0) is 12.1 Å². The second kappa shape index (κ2) is 4.87. The number of alkyl halides is 6. The summed E-state index contributed by atoms with van der Waals surface area (Å²) < 4.78 is 75.3. The molecule has 0 spiro atoms. The van der Waals surface area contributed by atoms with Crippen LogP contribution in [0.4, 0.5) is 32.0 Å². The van der Waals surface area contributed by atoms with Crippen LogP contribution in [0.2, 0.25) is 0 Å². The Balaban J connectivity index is 3.19. The summed E-state index contributed by atoms with van der Waals surface area (Å²) in [5.41, 5.74) is -5.89. The van der Waals surface area contributed by atoms with Gasteiger partial charge in [-0.15, -0.1) is 0 Å². The lowest BCUT2D eigenvalue weighted by atomic mass is 9.95. The molecular weight excluding hydrogens is 264 g/mol. The van der Waals surface area contributed by atoms with Crippen LogP contribution >= 0.6 is 0 Å². The molecule has 0 heterocycles. The Morgan fingerprint density at radius 3 is 1.89 bits per heavy atom. The summed E-state index contributed by atoms with van der Waals surface area (Å²) in [6.07, 6.45) is -9.74. The predicted octanol–water partition coefficient (Wildman–Crippen LogP) is 3.25. The van der Waals surface area contributed by atoms with E-state index in [0.29, 0.717) is 12.1 Å². The van der Waals surface area contributed by atoms with Crippen molar-refractivity contribution in [2.24, 2.45) is 0 Å². The Morgan fingerprint density at radius 2 is 1.56 bits per heavy atom. The molecule has 1 amide bonds. The quantitative estimate of drug-likeness (QED) is 0.661. The summed E-state index contributed by atoms with van der Waals surface area (Å²) in [7, 11) is 0. The lowest BCUT2D eigenvalue weighted by molar-refractivity contribution is -0.274. The molecule has 1 unspecified atom stereocenters. The van der Waals surface area contributed by atoms with E-state index in [1.807, 2.05) is 0 Å². The number of amides is 1. The predicted molar refractivity (Wildman–Crippen MR) is 51.0 cm³/mol. The van der Waals surface area contributed by atoms with Crippen molar-refractivity contribution in [1.82, 2.24) is 0 Å². The van der Waals surface area contributed by atoms with Crippen LogP contribution in [0, 0.1) is 0 Å². The molecule has 100 valence electrons. The average molecular weight is 271 g/mol. The molecule has 0 aliphatic carbocycles. The van der Waals surface area contributed by atoms with E-state index >= 15 is 0 Å². The lowest BCUT2D eigenvalue weighted by Crippen LogP contribution is -2.44. The highest BCUT2D eigenvalue weighted by molar-refractivity contribution is 5.71. The SMILES string of the molecule is O=CNc1ccc(C(F)(C(F)F)C(F)(F)F)cc1. The second-order valence-electron chi connectivity index (χ2n) is 3.35. The van der Waals surface area contributed by atoms with Crippen molar-refractivity contribution in [1.29, 1.82) is 0 Å². The summed E-state index contributed by atoms with van der Waals surface area (Å²) in [4.78, 5) is 10.0. The summed E-state index contributed by atoms with van der Waals surface area (Å²) in [6, 6.07) is 2.88. The van der Waals surface area contributed by atoms with Gasteiger partial charge in [-0.2, -0.15) is 13.2 Å². The van der Waals surface area contributed by atoms with Crippen LogP contribution < -0.4 is 5.32 Å². The van der Waals surface area contributed by atoms with Gasteiger partial charge in [0, 0.05) is 11.3 Å². The Hall–Kier alpha value is -1.73. The van der Waals surface area contributed by atoms with Gasteiger partial charge in [0.15, 0.2) is 0 Å². The van der Waals surface area contributed by atoms with E-state index in [4.69, 9.17) is 0 Å². The van der Waals surface area contributed by atoms with Gasteiger partial charge in [-0.25, -0.2) is 13.2 Å². The third kappa shape index (κ3) is 2.41. The molecule has 2 nitrogen and oxygen atoms in total. The lowest BCUT2D eigenvalue weighted by Gasteiger charge is -2.27. The molecule has 18 heavy (non-hydrogen) atoms. The first-order valence-electron chi connectivity index (χ1n) is 4.58. The van der Waals surface area contributed by atoms with Crippen molar-refractivity contribution in [3.63, 3.8) is 0 Å². The molecule has 0 bridgehead atoms. The van der Waals surface area contributed by atoms with E-state index in [0.717, 1.165) is 12.1 Å². The molecule has 1 aromatic carbocycles. The van der Waals surface area contributed by atoms with Gasteiger partial charge in [0.25, 0.3) is 12.1 Å². The Kier molecular flexibility index (Phi) is 3.88. The van der Waals surface area contributed by atoms with Crippen LogP contribution in [-0.2, 0) is 10.5 Å². The number of rotatable bonds is 4. The zero-order valence-corrected chi connectivity index (χ0v) is 8.64. The summed E-state index contributed by atoms with van der Waals surface area (Å²) in [5, 5.41) is 2.08. The first-order chi connectivity index (χ1) is 8.23. The molecule has 1 rings (SSSR count). The van der Waals surface area contributed by atoms with Crippen LogP contribution in [0.15, 0.2) is 24.3 Å². The zero-order chi connectivity index (χ0) is 14.0. The van der Waals surface area contributed by atoms with Gasteiger partial charge in [0.2, 0.25) is 6.41 Å². The molecule has 0 saturated heterocycles. The van der Waals surface area contributed by atoms with Gasteiger partial charge >= 0.3 is 6.18 Å². The van der Waals surface area contributed by atoms with Crippen molar-refractivity contribution in [3.05, 3.63) is 29.8 Å². The number of hydrogen-bond donors (Lipinski definition) is 1. The maximum Gasteiger partial charge on any atom is 0.432 e. The van der Waals surface area contributed by atoms with Crippen molar-refractivity contribution in [2.75, 3.05) is 5.32 Å². The number of carbonyl (C=O) groups is 1. The molecular formula is C10H7F6NO. The fourth-order valence-corrected chi connectivity index (χ4v) is 1.29. The molecule has 0 saturated carbocycles. The van der Waals surface area contributed by atoms with Crippen LogP contribution in [-0.4, -0.2) is 19.0 Å². The molecule has 0 aliphatic heterocycles. The van der Waals surface area contributed by atoms with E-state index in [2.05, 4.69) is 5.32 Å². The standard InChI is InChI=1S/C10H7F6NO/c11-8(12)9(13,10(14,15)16)6-1-3-7(4-2-6)17-5-18/h1-5,8H,(H,17,18). The van der Waals surface area contributed by atoms with E-state index < -0.39 is 23.8 Å². The third-order valence-corrected chi connectivity index (χ3v) is 2.24. The third-order valence-electron chi connectivity index (χ3n) is 2.24. The van der Waals surface area contributed by atoms with E-state index in [9.17, 15) is 31.1 Å². The van der Waals surface area contributed by atoms with Crippen molar-refractivity contribution in [3.8, 4) is 0 Å². The number of nitrogens with one attached hydrogen (secondary N) is 1. The van der Waals surface area contributed by atoms with Gasteiger partial charge in [0.05, 0.1) is 0 Å². The molecule has 1 N–H and O–H groups in total. The highest BCUT2D eigenvalue weighted by Gasteiger charge is 2.63. The van der Waals surface area contributed by atoms with Gasteiger partial charge in [-0.1, -0.05) is 12.1 Å². The monoisotopic (exact) mass is 271 g/mol. The maximum absolute atomic E-state index is 13.5. The summed E-state index contributed by atoms with van der Waals surface area (Å²) in [6.45, 7) is 0. The number of hydrogen-bond acceptors (Lipinski definition) is 1. The molecule has 0 aromatic heterocycles. The van der Waals surface area contributed by atoms with Gasteiger partial charge in [-0.3, -0.25) is 4.79 Å². The first-order valence-corrected chi connectivity index (χ1v) is 4.58. The first kappa shape index (κ1) is 14.3. The fourth-order valence-electron chi connectivity index (χ4n) is 1.29. The Morgan fingerprint density at radius 1 is 1.06 bits per heavy atom. The minimum atomic E-state index is -5.74. The number of halogens is 6. The highest BCUT2D eigenvalue weighted by Crippen LogP contribution is 2.47. The minimum absolute atomic E-state index is 0.0625. The number of anilines is 1. The molecule has 8 heteroatoms. The average Bonchev–Trinajstić information content (AvgIpc) is 2.27. The Bertz CT molecular complexity index is 415. The molecule has 0 fully saturated rings. The summed E-state index contributed by atoms with van der Waals surface area (Å²) >= 11 is 0. The summed E-state index contributed by atoms with van der Waals surface area (Å²) in [5.74, 6) is 0. The highest BCUT2D eigenvalue weighted by atomic mass is 19.4. The normalized spacial score (nSPS) is 15.3. The van der Waals surface area contributed by atoms with Crippen LogP contribution in [0.3, 0.4) is 0 Å². The molecule has 1 atom stereocenters. The second-order valence-corrected chi connectivity index (χ2v) is 3.35. The van der Waals surface area contributed by atoms with Crippen LogP contribution in [0.5, 0.6) is 0 Å². The minimum Gasteiger partial charge on any atom is -0.329 e. The fraction of sp³-hybridized carbons (Fsp3) is 0.300. The topological polar surface area (TPSA) is 29.1 Å². The van der Waals surface area contributed by atoms with Crippen molar-refractivity contribution in [2.45, 2.75) is 18.3 Å².